The first-order chi connectivity index (χ1) is 15.0. The Hall–Kier alpha value is -2.16. The number of oxime groups is 1. The molecule has 0 aliphatic carbocycles. The molecule has 8 heteroatoms. The van der Waals surface area contributed by atoms with Crippen LogP contribution in [0.15, 0.2) is 29.4 Å². The van der Waals surface area contributed by atoms with Crippen molar-refractivity contribution in [1.82, 2.24) is 10.2 Å². The highest BCUT2D eigenvalue weighted by Gasteiger charge is 2.44. The molecule has 1 aromatic carbocycles. The molecule has 0 aromatic heterocycles. The molecule has 4 rings (SSSR count). The van der Waals surface area contributed by atoms with E-state index in [1.165, 1.54) is 0 Å². The van der Waals surface area contributed by atoms with Gasteiger partial charge in [0.15, 0.2) is 0 Å². The van der Waals surface area contributed by atoms with Crippen LogP contribution < -0.4 is 10.1 Å². The van der Waals surface area contributed by atoms with Crippen molar-refractivity contribution < 1.29 is 23.8 Å². The maximum absolute atomic E-state index is 13.1. The van der Waals surface area contributed by atoms with Crippen LogP contribution in [0.3, 0.4) is 0 Å². The number of methoxy groups -OCH3 is 1. The van der Waals surface area contributed by atoms with Gasteiger partial charge >= 0.3 is 0 Å². The average Bonchev–Trinajstić information content (AvgIpc) is 3.22. The van der Waals surface area contributed by atoms with Crippen molar-refractivity contribution in [3.8, 4) is 5.75 Å². The Morgan fingerprint density at radius 2 is 1.81 bits per heavy atom. The fraction of sp³-hybridized carbons (Fsp3) is 0.652. The van der Waals surface area contributed by atoms with Crippen LogP contribution in [0.25, 0.3) is 0 Å². The lowest BCUT2D eigenvalue weighted by molar-refractivity contribution is -0.142. The number of carbonyl (C=O) groups excluding carboxylic acids is 1. The summed E-state index contributed by atoms with van der Waals surface area (Å²) in [7, 11) is 1.64. The maximum atomic E-state index is 13.1. The van der Waals surface area contributed by atoms with Crippen molar-refractivity contribution in [2.75, 3.05) is 59.7 Å². The number of hydrogen-bond donors (Lipinski definition) is 1. The van der Waals surface area contributed by atoms with E-state index >= 15 is 0 Å². The van der Waals surface area contributed by atoms with Crippen molar-refractivity contribution in [2.24, 2.45) is 10.6 Å². The van der Waals surface area contributed by atoms with Gasteiger partial charge in [-0.1, -0.05) is 5.16 Å². The van der Waals surface area contributed by atoms with Gasteiger partial charge in [-0.05, 0) is 49.6 Å². The number of morpholine rings is 1. The molecule has 0 radical (unpaired) electrons. The Morgan fingerprint density at radius 3 is 2.48 bits per heavy atom. The smallest absolute Gasteiger partial charge is 0.267 e. The van der Waals surface area contributed by atoms with E-state index in [2.05, 4.69) is 15.4 Å². The molecule has 1 N–H and O–H groups in total. The minimum Gasteiger partial charge on any atom is -0.497 e. The number of hydrogen-bond acceptors (Lipinski definition) is 7. The number of benzene rings is 1. The van der Waals surface area contributed by atoms with Gasteiger partial charge in [0.1, 0.15) is 5.75 Å². The number of carbonyl (C=O) groups is 1. The lowest BCUT2D eigenvalue weighted by Gasteiger charge is -2.42. The minimum atomic E-state index is -0.999. The number of rotatable bonds is 7. The first-order valence-electron chi connectivity index (χ1n) is 11.1. The van der Waals surface area contributed by atoms with Crippen LogP contribution in [0.5, 0.6) is 5.75 Å². The summed E-state index contributed by atoms with van der Waals surface area (Å²) in [4.78, 5) is 21.2. The standard InChI is InChI=1S/C23H33N3O5/c1-22(15-20(25-31-22)18-3-5-19(28-2)6-4-18)21(27)24-16-23(7-11-29-12-8-23)17-26-9-13-30-14-10-26/h3-6H,7-17H2,1-2H3,(H,24,27). The van der Waals surface area contributed by atoms with Gasteiger partial charge in [0.05, 0.1) is 26.0 Å². The molecule has 2 fully saturated rings. The molecule has 3 aliphatic heterocycles. The lowest BCUT2D eigenvalue weighted by atomic mass is 9.79. The van der Waals surface area contributed by atoms with Crippen LogP contribution in [-0.2, 0) is 19.1 Å². The summed E-state index contributed by atoms with van der Waals surface area (Å²) in [5.74, 6) is 0.665. The summed E-state index contributed by atoms with van der Waals surface area (Å²) in [6, 6.07) is 7.64. The summed E-state index contributed by atoms with van der Waals surface area (Å²) in [6.45, 7) is 8.27. The van der Waals surface area contributed by atoms with Crippen molar-refractivity contribution in [3.05, 3.63) is 29.8 Å². The topological polar surface area (TPSA) is 81.6 Å². The first-order valence-corrected chi connectivity index (χ1v) is 11.1. The summed E-state index contributed by atoms with van der Waals surface area (Å²) in [6.07, 6.45) is 2.32. The fourth-order valence-corrected chi connectivity index (χ4v) is 4.48. The molecule has 3 heterocycles. The van der Waals surface area contributed by atoms with E-state index in [1.807, 2.05) is 24.3 Å². The van der Waals surface area contributed by atoms with E-state index in [0.29, 0.717) is 13.0 Å². The van der Waals surface area contributed by atoms with Gasteiger partial charge in [-0.15, -0.1) is 0 Å². The zero-order valence-electron chi connectivity index (χ0n) is 18.5. The van der Waals surface area contributed by atoms with Crippen LogP contribution in [0, 0.1) is 5.41 Å². The summed E-state index contributed by atoms with van der Waals surface area (Å²) in [5.41, 5.74) is 0.723. The number of amides is 1. The molecule has 170 valence electrons. The quantitative estimate of drug-likeness (QED) is 0.709. The van der Waals surface area contributed by atoms with E-state index in [0.717, 1.165) is 75.9 Å². The zero-order valence-corrected chi connectivity index (χ0v) is 18.5. The van der Waals surface area contributed by atoms with Crippen LogP contribution >= 0.6 is 0 Å². The Labute approximate surface area is 183 Å². The Balaban J connectivity index is 1.36. The van der Waals surface area contributed by atoms with Crippen molar-refractivity contribution in [3.63, 3.8) is 0 Å². The Morgan fingerprint density at radius 1 is 1.13 bits per heavy atom. The molecular weight excluding hydrogens is 398 g/mol. The molecule has 1 unspecified atom stereocenters. The largest absolute Gasteiger partial charge is 0.497 e. The highest BCUT2D eigenvalue weighted by Crippen LogP contribution is 2.33. The van der Waals surface area contributed by atoms with Gasteiger partial charge in [0, 0.05) is 51.2 Å². The number of nitrogens with one attached hydrogen (secondary N) is 1. The molecule has 1 amide bonds. The summed E-state index contributed by atoms with van der Waals surface area (Å²) >= 11 is 0. The number of nitrogens with zero attached hydrogens (tertiary/aromatic N) is 2. The third-order valence-electron chi connectivity index (χ3n) is 6.61. The second-order valence-corrected chi connectivity index (χ2v) is 8.95. The van der Waals surface area contributed by atoms with Crippen LogP contribution in [0.4, 0.5) is 0 Å². The van der Waals surface area contributed by atoms with Gasteiger partial charge in [-0.2, -0.15) is 0 Å². The predicted molar refractivity (Wildman–Crippen MR) is 116 cm³/mol. The first kappa shape index (κ1) is 22.0. The predicted octanol–water partition coefficient (Wildman–Crippen LogP) is 1.82. The van der Waals surface area contributed by atoms with Crippen molar-refractivity contribution in [1.29, 1.82) is 0 Å². The molecule has 0 saturated carbocycles. The normalized spacial score (nSPS) is 26.1. The zero-order chi connectivity index (χ0) is 21.7. The minimum absolute atomic E-state index is 0.0138. The molecule has 3 aliphatic rings. The Bertz CT molecular complexity index is 785. The second-order valence-electron chi connectivity index (χ2n) is 8.95. The third-order valence-corrected chi connectivity index (χ3v) is 6.61. The van der Waals surface area contributed by atoms with Crippen molar-refractivity contribution in [2.45, 2.75) is 31.8 Å². The summed E-state index contributed by atoms with van der Waals surface area (Å²) < 4.78 is 16.3. The van der Waals surface area contributed by atoms with Crippen molar-refractivity contribution >= 4 is 11.6 Å². The van der Waals surface area contributed by atoms with E-state index in [4.69, 9.17) is 19.0 Å². The van der Waals surface area contributed by atoms with Gasteiger partial charge < -0.3 is 24.4 Å². The highest BCUT2D eigenvalue weighted by atomic mass is 16.7. The average molecular weight is 432 g/mol. The van der Waals surface area contributed by atoms with Gasteiger partial charge in [-0.3, -0.25) is 9.69 Å². The monoisotopic (exact) mass is 431 g/mol. The maximum Gasteiger partial charge on any atom is 0.267 e. The van der Waals surface area contributed by atoms with E-state index in [9.17, 15) is 4.79 Å². The molecule has 1 atom stereocenters. The van der Waals surface area contributed by atoms with E-state index in [1.54, 1.807) is 14.0 Å². The molecule has 0 bridgehead atoms. The summed E-state index contributed by atoms with van der Waals surface area (Å²) in [5, 5.41) is 7.40. The molecule has 0 spiro atoms. The SMILES string of the molecule is COc1ccc(C2=NOC(C)(C(=O)NCC3(CN4CCOCC4)CCOCC3)C2)cc1. The van der Waals surface area contributed by atoms with Gasteiger partial charge in [0.2, 0.25) is 5.60 Å². The van der Waals surface area contributed by atoms with Crippen LogP contribution in [-0.4, -0.2) is 81.8 Å². The van der Waals surface area contributed by atoms with E-state index in [-0.39, 0.29) is 11.3 Å². The Kier molecular flexibility index (Phi) is 6.79. The van der Waals surface area contributed by atoms with Gasteiger partial charge in [0.25, 0.3) is 5.91 Å². The third kappa shape index (κ3) is 5.19. The highest BCUT2D eigenvalue weighted by molar-refractivity contribution is 6.05. The van der Waals surface area contributed by atoms with E-state index < -0.39 is 5.60 Å². The second kappa shape index (κ2) is 9.54. The van der Waals surface area contributed by atoms with Crippen LogP contribution in [0.2, 0.25) is 0 Å². The molecule has 8 nitrogen and oxygen atoms in total. The van der Waals surface area contributed by atoms with Crippen LogP contribution in [0.1, 0.15) is 31.7 Å². The number of ether oxygens (including phenoxy) is 3. The molecular formula is C23H33N3O5. The fourth-order valence-electron chi connectivity index (χ4n) is 4.48. The molecule has 1 aromatic rings. The molecule has 2 saturated heterocycles. The van der Waals surface area contributed by atoms with Gasteiger partial charge in [-0.25, -0.2) is 0 Å². The lowest BCUT2D eigenvalue weighted by Crippen LogP contribution is -2.53. The molecule has 31 heavy (non-hydrogen) atoms.